The predicted octanol–water partition coefficient (Wildman–Crippen LogP) is -1.32. The van der Waals surface area contributed by atoms with Crippen molar-refractivity contribution in [2.24, 2.45) is 0 Å². The number of aliphatic hydroxyl groups is 2. The van der Waals surface area contributed by atoms with Gasteiger partial charge in [-0.25, -0.2) is 9.36 Å². The molecule has 2 aromatic heterocycles. The van der Waals surface area contributed by atoms with Crippen LogP contribution in [-0.4, -0.2) is 47.6 Å². The highest BCUT2D eigenvalue weighted by Gasteiger charge is 2.44. The highest BCUT2D eigenvalue weighted by atomic mass is 16.6. The van der Waals surface area contributed by atoms with Crippen LogP contribution in [0, 0.1) is 0 Å². The fourth-order valence-electron chi connectivity index (χ4n) is 3.01. The highest BCUT2D eigenvalue weighted by Crippen LogP contribution is 2.31. The van der Waals surface area contributed by atoms with E-state index < -0.39 is 35.8 Å². The van der Waals surface area contributed by atoms with E-state index in [0.29, 0.717) is 6.42 Å². The van der Waals surface area contributed by atoms with Crippen LogP contribution in [0.2, 0.25) is 0 Å². The zero-order valence-electron chi connectivity index (χ0n) is 13.0. The Kier molecular flexibility index (Phi) is 4.03. The van der Waals surface area contributed by atoms with Crippen molar-refractivity contribution in [3.8, 4) is 0 Å². The number of aliphatic hydroxyl groups excluding tert-OH is 2. The maximum Gasteiger partial charge on any atom is 0.333 e. The van der Waals surface area contributed by atoms with E-state index in [2.05, 4.69) is 16.5 Å². The van der Waals surface area contributed by atoms with Crippen LogP contribution in [0.1, 0.15) is 19.6 Å². The molecular formula is C14H19N5O5. The Morgan fingerprint density at radius 1 is 1.42 bits per heavy atom. The van der Waals surface area contributed by atoms with Crippen molar-refractivity contribution in [1.82, 2.24) is 19.1 Å². The fraction of sp³-hybridized carbons (Fsp3) is 0.500. The van der Waals surface area contributed by atoms with Crippen molar-refractivity contribution < 1.29 is 14.9 Å². The number of aromatic amines is 1. The molecule has 0 bridgehead atoms. The molecule has 4 atom stereocenters. The smallest absolute Gasteiger partial charge is 0.333 e. The molecule has 0 saturated carbocycles. The van der Waals surface area contributed by atoms with Crippen LogP contribution >= 0.6 is 0 Å². The van der Waals surface area contributed by atoms with E-state index in [1.807, 2.05) is 0 Å². The van der Waals surface area contributed by atoms with Gasteiger partial charge in [0.1, 0.15) is 12.2 Å². The average Bonchev–Trinajstić information content (AvgIpc) is 2.96. The molecule has 10 nitrogen and oxygen atoms in total. The lowest BCUT2D eigenvalue weighted by Gasteiger charge is -2.15. The molecule has 0 aliphatic carbocycles. The normalized spacial score (nSPS) is 27.0. The number of nitrogen functional groups attached to an aromatic ring is 1. The van der Waals surface area contributed by atoms with Gasteiger partial charge in [0.2, 0.25) is 5.95 Å². The highest BCUT2D eigenvalue weighted by molar-refractivity contribution is 5.71. The quantitative estimate of drug-likeness (QED) is 0.506. The Bertz CT molecular complexity index is 897. The second-order valence-electron chi connectivity index (χ2n) is 5.63. The lowest BCUT2D eigenvalue weighted by atomic mass is 10.1. The maximum atomic E-state index is 12.7. The Morgan fingerprint density at radius 3 is 2.71 bits per heavy atom. The number of ether oxygens (including phenoxy) is 1. The monoisotopic (exact) mass is 337 g/mol. The number of hydrogen-bond donors (Lipinski definition) is 4. The number of fused-ring (bicyclic) bond motifs is 1. The molecule has 0 amide bonds. The van der Waals surface area contributed by atoms with Gasteiger partial charge in [0.15, 0.2) is 17.4 Å². The Labute approximate surface area is 135 Å². The van der Waals surface area contributed by atoms with Gasteiger partial charge in [0.05, 0.1) is 6.10 Å². The number of aromatic nitrogens is 4. The van der Waals surface area contributed by atoms with Crippen molar-refractivity contribution in [2.75, 3.05) is 5.73 Å². The molecule has 3 heterocycles. The first kappa shape index (κ1) is 16.4. The second kappa shape index (κ2) is 5.89. The van der Waals surface area contributed by atoms with Crippen LogP contribution in [0.4, 0.5) is 5.95 Å². The van der Waals surface area contributed by atoms with Crippen molar-refractivity contribution in [2.45, 2.75) is 44.4 Å². The number of imidazole rings is 1. The van der Waals surface area contributed by atoms with E-state index in [4.69, 9.17) is 10.5 Å². The van der Waals surface area contributed by atoms with Crippen LogP contribution in [0.3, 0.4) is 0 Å². The number of nitrogens with one attached hydrogen (secondary N) is 1. The molecule has 10 heteroatoms. The van der Waals surface area contributed by atoms with Crippen LogP contribution in [0.15, 0.2) is 22.2 Å². The summed E-state index contributed by atoms with van der Waals surface area (Å²) in [6.45, 7) is 5.42. The molecule has 0 aromatic carbocycles. The largest absolute Gasteiger partial charge is 0.388 e. The number of allylic oxidation sites excluding steroid dienone is 1. The van der Waals surface area contributed by atoms with Crippen LogP contribution in [-0.2, 0) is 11.3 Å². The fourth-order valence-corrected chi connectivity index (χ4v) is 3.01. The Hall–Kier alpha value is -2.43. The summed E-state index contributed by atoms with van der Waals surface area (Å²) >= 11 is 0. The third-order valence-corrected chi connectivity index (χ3v) is 4.14. The SMILES string of the molecule is C=CCn1c(=O)n([C@@H]2O[C@H](CC)[C@@H](O)[C@H]2O)c2nc(N)[nH]c(=O)c21. The molecular weight excluding hydrogens is 318 g/mol. The third-order valence-electron chi connectivity index (χ3n) is 4.14. The summed E-state index contributed by atoms with van der Waals surface area (Å²) in [6.07, 6.45) is -2.38. The summed E-state index contributed by atoms with van der Waals surface area (Å²) in [4.78, 5) is 31.3. The molecule has 1 aliphatic rings. The minimum absolute atomic E-state index is 0.000613. The van der Waals surface area contributed by atoms with Gasteiger partial charge in [0.25, 0.3) is 5.56 Å². The van der Waals surface area contributed by atoms with Crippen LogP contribution in [0.5, 0.6) is 0 Å². The molecule has 24 heavy (non-hydrogen) atoms. The molecule has 1 aliphatic heterocycles. The lowest BCUT2D eigenvalue weighted by Crippen LogP contribution is -2.35. The summed E-state index contributed by atoms with van der Waals surface area (Å²) in [5.74, 6) is -0.169. The van der Waals surface area contributed by atoms with E-state index >= 15 is 0 Å². The summed E-state index contributed by atoms with van der Waals surface area (Å²) in [5.41, 5.74) is 4.36. The van der Waals surface area contributed by atoms with Gasteiger partial charge in [-0.2, -0.15) is 4.98 Å². The number of nitrogens with two attached hydrogens (primary N) is 1. The van der Waals surface area contributed by atoms with Gasteiger partial charge in [-0.15, -0.1) is 6.58 Å². The first-order valence-electron chi connectivity index (χ1n) is 7.53. The van der Waals surface area contributed by atoms with E-state index in [1.54, 1.807) is 6.92 Å². The molecule has 3 rings (SSSR count). The second-order valence-corrected chi connectivity index (χ2v) is 5.63. The molecule has 1 saturated heterocycles. The molecule has 130 valence electrons. The maximum absolute atomic E-state index is 12.7. The van der Waals surface area contributed by atoms with E-state index in [1.165, 1.54) is 6.08 Å². The molecule has 2 aromatic rings. The van der Waals surface area contributed by atoms with Gasteiger partial charge in [-0.1, -0.05) is 13.0 Å². The van der Waals surface area contributed by atoms with E-state index in [0.717, 1.165) is 9.13 Å². The van der Waals surface area contributed by atoms with E-state index in [9.17, 15) is 19.8 Å². The molecule has 5 N–H and O–H groups in total. The molecule has 0 spiro atoms. The zero-order valence-corrected chi connectivity index (χ0v) is 13.0. The number of rotatable bonds is 4. The van der Waals surface area contributed by atoms with Crippen molar-refractivity contribution >= 4 is 17.1 Å². The van der Waals surface area contributed by atoms with Crippen molar-refractivity contribution in [3.63, 3.8) is 0 Å². The zero-order chi connectivity index (χ0) is 17.6. The minimum atomic E-state index is -1.34. The summed E-state index contributed by atoms with van der Waals surface area (Å²) < 4.78 is 7.82. The Morgan fingerprint density at radius 2 is 2.12 bits per heavy atom. The predicted molar refractivity (Wildman–Crippen MR) is 85.4 cm³/mol. The standard InChI is InChI=1S/C14H19N5O5/c1-3-5-18-7-10(16-13(15)17-11(7)22)19(14(18)23)12-9(21)8(20)6(4-2)24-12/h3,6,8-9,12,20-21H,1,4-5H2,2H3,(H3,15,16,17,22)/t6-,8-,9-,12-/m1/s1. The summed E-state index contributed by atoms with van der Waals surface area (Å²) in [7, 11) is 0. The third kappa shape index (κ3) is 2.27. The summed E-state index contributed by atoms with van der Waals surface area (Å²) in [6, 6.07) is 0. The Balaban J connectivity index is 2.29. The molecule has 1 fully saturated rings. The molecule has 0 unspecified atom stereocenters. The van der Waals surface area contributed by atoms with Gasteiger partial charge < -0.3 is 20.7 Å². The minimum Gasteiger partial charge on any atom is -0.388 e. The topological polar surface area (TPSA) is 148 Å². The lowest BCUT2D eigenvalue weighted by molar-refractivity contribution is -0.0376. The first-order chi connectivity index (χ1) is 11.4. The van der Waals surface area contributed by atoms with Gasteiger partial charge in [0, 0.05) is 6.54 Å². The van der Waals surface area contributed by atoms with Gasteiger partial charge in [-0.05, 0) is 6.42 Å². The summed E-state index contributed by atoms with van der Waals surface area (Å²) in [5, 5.41) is 20.3. The van der Waals surface area contributed by atoms with Crippen molar-refractivity contribution in [1.29, 1.82) is 0 Å². The number of H-pyrrole nitrogens is 1. The average molecular weight is 337 g/mol. The van der Waals surface area contributed by atoms with Gasteiger partial charge in [-0.3, -0.25) is 14.3 Å². The van der Waals surface area contributed by atoms with Crippen LogP contribution < -0.4 is 17.0 Å². The number of anilines is 1. The first-order valence-corrected chi connectivity index (χ1v) is 7.53. The molecule has 0 radical (unpaired) electrons. The van der Waals surface area contributed by atoms with Crippen molar-refractivity contribution in [3.05, 3.63) is 33.5 Å². The number of hydrogen-bond acceptors (Lipinski definition) is 7. The van der Waals surface area contributed by atoms with Gasteiger partial charge >= 0.3 is 5.69 Å². The van der Waals surface area contributed by atoms with E-state index in [-0.39, 0.29) is 23.7 Å². The number of nitrogens with zero attached hydrogens (tertiary/aromatic N) is 3. The van der Waals surface area contributed by atoms with Crippen LogP contribution in [0.25, 0.3) is 11.2 Å².